The van der Waals surface area contributed by atoms with Crippen LogP contribution in [0.15, 0.2) is 33.9 Å². The van der Waals surface area contributed by atoms with E-state index >= 15 is 0 Å². The lowest BCUT2D eigenvalue weighted by Crippen LogP contribution is -2.31. The first-order valence-corrected chi connectivity index (χ1v) is 5.50. The number of halogens is 2. The summed E-state index contributed by atoms with van der Waals surface area (Å²) < 4.78 is 27.1. The molecule has 0 amide bonds. The van der Waals surface area contributed by atoms with Crippen LogP contribution in [-0.2, 0) is 13.0 Å². The molecule has 0 atom stereocenters. The van der Waals surface area contributed by atoms with Gasteiger partial charge in [-0.1, -0.05) is 0 Å². The molecule has 0 saturated heterocycles. The Morgan fingerprint density at radius 2 is 1.74 bits per heavy atom. The van der Waals surface area contributed by atoms with Crippen LogP contribution in [-0.4, -0.2) is 9.55 Å². The maximum atomic E-state index is 13.0. The number of aromatic nitrogens is 2. The van der Waals surface area contributed by atoms with Gasteiger partial charge in [0.25, 0.3) is 5.56 Å². The van der Waals surface area contributed by atoms with E-state index < -0.39 is 22.9 Å². The number of nitrogens with one attached hydrogen (secondary N) is 1. The normalized spacial score (nSPS) is 10.6. The van der Waals surface area contributed by atoms with Crippen molar-refractivity contribution in [1.29, 1.82) is 0 Å². The van der Waals surface area contributed by atoms with E-state index in [2.05, 4.69) is 4.98 Å². The quantitative estimate of drug-likeness (QED) is 0.856. The highest BCUT2D eigenvalue weighted by molar-refractivity contribution is 5.26. The molecule has 7 heteroatoms. The third-order valence-corrected chi connectivity index (χ3v) is 2.61. The fourth-order valence-electron chi connectivity index (χ4n) is 1.77. The van der Waals surface area contributed by atoms with Gasteiger partial charge in [-0.2, -0.15) is 0 Å². The zero-order valence-corrected chi connectivity index (χ0v) is 9.82. The van der Waals surface area contributed by atoms with Crippen LogP contribution in [0.25, 0.3) is 0 Å². The zero-order chi connectivity index (χ0) is 14.0. The topological polar surface area (TPSA) is 80.9 Å². The van der Waals surface area contributed by atoms with Crippen molar-refractivity contribution in [3.63, 3.8) is 0 Å². The molecule has 0 aliphatic rings. The minimum atomic E-state index is -0.684. The van der Waals surface area contributed by atoms with Crippen LogP contribution >= 0.6 is 0 Å². The highest BCUT2D eigenvalue weighted by atomic mass is 19.1. The van der Waals surface area contributed by atoms with Gasteiger partial charge in [-0.25, -0.2) is 13.6 Å². The Morgan fingerprint density at radius 3 is 2.32 bits per heavy atom. The molecule has 100 valence electrons. The van der Waals surface area contributed by atoms with Gasteiger partial charge in [0.05, 0.1) is 0 Å². The number of rotatable bonds is 3. The molecule has 0 spiro atoms. The highest BCUT2D eigenvalue weighted by Gasteiger charge is 2.05. The molecule has 0 aliphatic heterocycles. The van der Waals surface area contributed by atoms with Crippen LogP contribution in [0, 0.1) is 11.6 Å². The number of anilines is 1. The van der Waals surface area contributed by atoms with Crippen LogP contribution in [0.1, 0.15) is 5.56 Å². The van der Waals surface area contributed by atoms with Gasteiger partial charge in [-0.05, 0) is 24.1 Å². The largest absolute Gasteiger partial charge is 0.385 e. The van der Waals surface area contributed by atoms with E-state index in [0.717, 1.165) is 16.7 Å². The first-order valence-electron chi connectivity index (χ1n) is 5.50. The second kappa shape index (κ2) is 5.05. The van der Waals surface area contributed by atoms with Crippen LogP contribution in [0.4, 0.5) is 14.6 Å². The second-order valence-corrected chi connectivity index (χ2v) is 4.04. The minimum absolute atomic E-state index is 0.00521. The summed E-state index contributed by atoms with van der Waals surface area (Å²) in [7, 11) is 0. The average molecular weight is 267 g/mol. The molecule has 0 unspecified atom stereocenters. The van der Waals surface area contributed by atoms with Crippen LogP contribution < -0.4 is 17.0 Å². The standard InChI is InChI=1S/C12H11F2N3O2/c13-8-3-7(4-9(14)5-8)1-2-17-10(15)6-11(18)16-12(17)19/h3-6H,1-2,15H2,(H,16,18,19). The molecule has 0 saturated carbocycles. The lowest BCUT2D eigenvalue weighted by atomic mass is 10.1. The monoisotopic (exact) mass is 267 g/mol. The predicted octanol–water partition coefficient (Wildman–Crippen LogP) is 0.640. The first kappa shape index (κ1) is 13.0. The summed E-state index contributed by atoms with van der Waals surface area (Å²) in [6.07, 6.45) is 0.213. The number of nitrogens with zero attached hydrogens (tertiary/aromatic N) is 1. The maximum Gasteiger partial charge on any atom is 0.329 e. The number of aryl methyl sites for hydroxylation is 1. The molecule has 1 heterocycles. The third kappa shape index (κ3) is 3.06. The van der Waals surface area contributed by atoms with Crippen LogP contribution in [0.2, 0.25) is 0 Å². The molecule has 1 aromatic carbocycles. The number of nitrogens with two attached hydrogens (primary N) is 1. The van der Waals surface area contributed by atoms with Crippen molar-refractivity contribution in [2.45, 2.75) is 13.0 Å². The van der Waals surface area contributed by atoms with E-state index in [1.54, 1.807) is 0 Å². The van der Waals surface area contributed by atoms with Gasteiger partial charge >= 0.3 is 5.69 Å². The molecule has 5 nitrogen and oxygen atoms in total. The van der Waals surface area contributed by atoms with E-state index in [9.17, 15) is 18.4 Å². The Labute approximate surface area is 106 Å². The van der Waals surface area contributed by atoms with E-state index in [4.69, 9.17) is 5.73 Å². The van der Waals surface area contributed by atoms with Gasteiger partial charge in [-0.15, -0.1) is 0 Å². The van der Waals surface area contributed by atoms with Crippen molar-refractivity contribution in [2.75, 3.05) is 5.73 Å². The minimum Gasteiger partial charge on any atom is -0.385 e. The predicted molar refractivity (Wildman–Crippen MR) is 65.8 cm³/mol. The molecule has 0 aliphatic carbocycles. The van der Waals surface area contributed by atoms with Crippen molar-refractivity contribution in [3.8, 4) is 0 Å². The van der Waals surface area contributed by atoms with Gasteiger partial charge in [0, 0.05) is 18.7 Å². The summed E-state index contributed by atoms with van der Waals surface area (Å²) in [6, 6.07) is 4.20. The molecule has 0 radical (unpaired) electrons. The molecular weight excluding hydrogens is 256 g/mol. The van der Waals surface area contributed by atoms with Gasteiger partial charge in [0.2, 0.25) is 0 Å². The second-order valence-electron chi connectivity index (χ2n) is 4.04. The van der Waals surface area contributed by atoms with Crippen LogP contribution in [0.5, 0.6) is 0 Å². The van der Waals surface area contributed by atoms with Crippen molar-refractivity contribution in [2.24, 2.45) is 0 Å². The number of benzene rings is 1. The van der Waals surface area contributed by atoms with Gasteiger partial charge in [-0.3, -0.25) is 14.3 Å². The lowest BCUT2D eigenvalue weighted by Gasteiger charge is -2.08. The van der Waals surface area contributed by atoms with Crippen molar-refractivity contribution in [3.05, 3.63) is 62.3 Å². The summed E-state index contributed by atoms with van der Waals surface area (Å²) in [4.78, 5) is 24.5. The third-order valence-electron chi connectivity index (χ3n) is 2.61. The van der Waals surface area contributed by atoms with E-state index in [-0.39, 0.29) is 18.8 Å². The number of hydrogen-bond acceptors (Lipinski definition) is 3. The summed E-state index contributed by atoms with van der Waals surface area (Å²) >= 11 is 0. The summed E-state index contributed by atoms with van der Waals surface area (Å²) in [5, 5.41) is 0. The fraction of sp³-hybridized carbons (Fsp3) is 0.167. The van der Waals surface area contributed by atoms with Gasteiger partial charge < -0.3 is 5.73 Å². The van der Waals surface area contributed by atoms with Crippen molar-refractivity contribution >= 4 is 5.82 Å². The summed E-state index contributed by atoms with van der Waals surface area (Å²) in [5.74, 6) is -1.36. The fourth-order valence-corrected chi connectivity index (χ4v) is 1.77. The summed E-state index contributed by atoms with van der Waals surface area (Å²) in [6.45, 7) is 0.115. The summed E-state index contributed by atoms with van der Waals surface area (Å²) in [5.41, 5.74) is 4.70. The molecule has 1 aromatic heterocycles. The maximum absolute atomic E-state index is 13.0. The zero-order valence-electron chi connectivity index (χ0n) is 9.82. The molecule has 3 N–H and O–H groups in total. The van der Waals surface area contributed by atoms with E-state index in [0.29, 0.717) is 5.56 Å². The molecule has 19 heavy (non-hydrogen) atoms. The Bertz CT molecular complexity index is 701. The van der Waals surface area contributed by atoms with Crippen molar-refractivity contribution in [1.82, 2.24) is 9.55 Å². The number of hydrogen-bond donors (Lipinski definition) is 2. The Kier molecular flexibility index (Phi) is 3.46. The average Bonchev–Trinajstić information content (AvgIpc) is 2.25. The van der Waals surface area contributed by atoms with E-state index in [1.807, 2.05) is 0 Å². The van der Waals surface area contributed by atoms with E-state index in [1.165, 1.54) is 12.1 Å². The van der Waals surface area contributed by atoms with Gasteiger partial charge in [0.1, 0.15) is 17.5 Å². The lowest BCUT2D eigenvalue weighted by molar-refractivity contribution is 0.575. The molecule has 2 rings (SSSR count). The smallest absolute Gasteiger partial charge is 0.329 e. The highest BCUT2D eigenvalue weighted by Crippen LogP contribution is 2.09. The SMILES string of the molecule is Nc1cc(=O)[nH]c(=O)n1CCc1cc(F)cc(F)c1. The first-order chi connectivity index (χ1) is 8.95. The Morgan fingerprint density at radius 1 is 1.11 bits per heavy atom. The number of aromatic amines is 1. The van der Waals surface area contributed by atoms with Crippen molar-refractivity contribution < 1.29 is 8.78 Å². The van der Waals surface area contributed by atoms with Crippen LogP contribution in [0.3, 0.4) is 0 Å². The number of nitrogen functional groups attached to an aromatic ring is 1. The number of H-pyrrole nitrogens is 1. The molecule has 0 bridgehead atoms. The molecule has 0 fully saturated rings. The van der Waals surface area contributed by atoms with Gasteiger partial charge in [0.15, 0.2) is 0 Å². The molecular formula is C12H11F2N3O2. The molecule has 2 aromatic rings. The Balaban J connectivity index is 2.24. The Hall–Kier alpha value is -2.44.